The lowest BCUT2D eigenvalue weighted by atomic mass is 9.94. The summed E-state index contributed by atoms with van der Waals surface area (Å²) in [5.41, 5.74) is 4.04. The molecule has 0 aliphatic heterocycles. The van der Waals surface area contributed by atoms with Gasteiger partial charge in [0.15, 0.2) is 0 Å². The van der Waals surface area contributed by atoms with E-state index in [-0.39, 0.29) is 0 Å². The van der Waals surface area contributed by atoms with Gasteiger partial charge in [-0.25, -0.2) is 0 Å². The highest BCUT2D eigenvalue weighted by Crippen LogP contribution is 2.20. The van der Waals surface area contributed by atoms with Crippen LogP contribution in [-0.4, -0.2) is 18.5 Å². The molecule has 0 fully saturated rings. The number of aliphatic imine (C=N–C) groups is 1. The highest BCUT2D eigenvalue weighted by molar-refractivity contribution is 6.01. The van der Waals surface area contributed by atoms with E-state index in [1.807, 2.05) is 0 Å². The maximum absolute atomic E-state index is 7.11. The van der Waals surface area contributed by atoms with E-state index in [4.69, 9.17) is 5.41 Å². The molecule has 2 nitrogen and oxygen atoms in total. The Morgan fingerprint density at radius 1 is 1.44 bits per heavy atom. The van der Waals surface area contributed by atoms with Gasteiger partial charge in [-0.15, -0.1) is 0 Å². The Bertz CT molecular complexity index is 322. The minimum atomic E-state index is 0.808. The summed E-state index contributed by atoms with van der Waals surface area (Å²) in [4.78, 5) is 4.64. The molecule has 0 saturated carbocycles. The van der Waals surface area contributed by atoms with Crippen LogP contribution in [0.1, 0.15) is 46.0 Å². The predicted octanol–water partition coefficient (Wildman–Crippen LogP) is 3.93. The monoisotopic (exact) mass is 218 g/mol. The summed E-state index contributed by atoms with van der Waals surface area (Å²) in [6, 6.07) is 0. The SMILES string of the molecule is CCCN=C(CCC=N)C1=CC=C(C)CC1. The van der Waals surface area contributed by atoms with Gasteiger partial charge in [0.25, 0.3) is 0 Å². The Hall–Kier alpha value is -1.18. The molecule has 0 aromatic heterocycles. The fourth-order valence-corrected chi connectivity index (χ4v) is 1.78. The van der Waals surface area contributed by atoms with Crippen LogP contribution in [0.25, 0.3) is 0 Å². The van der Waals surface area contributed by atoms with Crippen molar-refractivity contribution < 1.29 is 0 Å². The minimum absolute atomic E-state index is 0.808. The first kappa shape index (κ1) is 12.9. The molecular weight excluding hydrogens is 196 g/mol. The van der Waals surface area contributed by atoms with E-state index in [0.717, 1.165) is 38.6 Å². The molecule has 0 unspecified atom stereocenters. The summed E-state index contributed by atoms with van der Waals surface area (Å²) in [6.07, 6.45) is 11.0. The van der Waals surface area contributed by atoms with Gasteiger partial charge >= 0.3 is 0 Å². The van der Waals surface area contributed by atoms with Gasteiger partial charge in [0, 0.05) is 12.3 Å². The van der Waals surface area contributed by atoms with E-state index in [0.29, 0.717) is 0 Å². The molecule has 1 N–H and O–H groups in total. The fraction of sp³-hybridized carbons (Fsp3) is 0.571. The molecule has 0 bridgehead atoms. The Kier molecular flexibility index (Phi) is 5.76. The molecule has 0 aromatic rings. The predicted molar refractivity (Wildman–Crippen MR) is 71.7 cm³/mol. The largest absolute Gasteiger partial charge is 0.313 e. The van der Waals surface area contributed by atoms with Gasteiger partial charge in [0.05, 0.1) is 0 Å². The van der Waals surface area contributed by atoms with Gasteiger partial charge < -0.3 is 5.41 Å². The first-order valence-electron chi connectivity index (χ1n) is 6.17. The van der Waals surface area contributed by atoms with Crippen LogP contribution in [0.5, 0.6) is 0 Å². The van der Waals surface area contributed by atoms with Crippen molar-refractivity contribution in [1.82, 2.24) is 0 Å². The van der Waals surface area contributed by atoms with Gasteiger partial charge in [-0.3, -0.25) is 4.99 Å². The zero-order valence-electron chi connectivity index (χ0n) is 10.4. The lowest BCUT2D eigenvalue weighted by Gasteiger charge is -2.14. The van der Waals surface area contributed by atoms with Crippen LogP contribution in [-0.2, 0) is 0 Å². The van der Waals surface area contributed by atoms with E-state index in [9.17, 15) is 0 Å². The van der Waals surface area contributed by atoms with Crippen LogP contribution in [0.2, 0.25) is 0 Å². The Balaban J connectivity index is 2.72. The maximum atomic E-state index is 7.11. The molecule has 1 rings (SSSR count). The number of hydrogen-bond donors (Lipinski definition) is 1. The van der Waals surface area contributed by atoms with Gasteiger partial charge in [0.2, 0.25) is 0 Å². The summed E-state index contributed by atoms with van der Waals surface area (Å²) < 4.78 is 0. The van der Waals surface area contributed by atoms with Crippen molar-refractivity contribution in [3.05, 3.63) is 23.3 Å². The van der Waals surface area contributed by atoms with Gasteiger partial charge in [0.1, 0.15) is 0 Å². The van der Waals surface area contributed by atoms with Gasteiger partial charge in [-0.2, -0.15) is 0 Å². The highest BCUT2D eigenvalue weighted by atomic mass is 14.7. The second-order valence-corrected chi connectivity index (χ2v) is 4.28. The van der Waals surface area contributed by atoms with Crippen LogP contribution < -0.4 is 0 Å². The normalized spacial score (nSPS) is 16.8. The van der Waals surface area contributed by atoms with Crippen molar-refractivity contribution in [2.45, 2.75) is 46.0 Å². The van der Waals surface area contributed by atoms with Crippen LogP contribution in [0, 0.1) is 5.41 Å². The van der Waals surface area contributed by atoms with Crippen molar-refractivity contribution in [3.63, 3.8) is 0 Å². The second-order valence-electron chi connectivity index (χ2n) is 4.28. The number of nitrogens with one attached hydrogen (secondary N) is 1. The van der Waals surface area contributed by atoms with Crippen LogP contribution in [0.15, 0.2) is 28.3 Å². The molecule has 0 radical (unpaired) electrons. The molecule has 0 heterocycles. The van der Waals surface area contributed by atoms with Crippen LogP contribution >= 0.6 is 0 Å². The summed E-state index contributed by atoms with van der Waals surface area (Å²) in [6.45, 7) is 5.23. The first-order valence-corrected chi connectivity index (χ1v) is 6.17. The van der Waals surface area contributed by atoms with E-state index in [1.54, 1.807) is 0 Å². The molecule has 0 spiro atoms. The lowest BCUT2D eigenvalue weighted by Crippen LogP contribution is -2.07. The lowest BCUT2D eigenvalue weighted by molar-refractivity contribution is 0.898. The Labute approximate surface area is 98.7 Å². The molecule has 0 saturated heterocycles. The molecule has 88 valence electrons. The number of nitrogens with zero attached hydrogens (tertiary/aromatic N) is 1. The van der Waals surface area contributed by atoms with Crippen molar-refractivity contribution in [1.29, 1.82) is 5.41 Å². The average Bonchev–Trinajstić information content (AvgIpc) is 2.31. The summed E-state index contributed by atoms with van der Waals surface area (Å²) >= 11 is 0. The quantitative estimate of drug-likeness (QED) is 0.656. The molecule has 2 heteroatoms. The number of rotatable bonds is 6. The van der Waals surface area contributed by atoms with E-state index >= 15 is 0 Å². The zero-order valence-corrected chi connectivity index (χ0v) is 10.4. The first-order chi connectivity index (χ1) is 7.77. The minimum Gasteiger partial charge on any atom is -0.313 e. The third kappa shape index (κ3) is 4.13. The van der Waals surface area contributed by atoms with Crippen molar-refractivity contribution in [2.24, 2.45) is 4.99 Å². The van der Waals surface area contributed by atoms with Gasteiger partial charge in [-0.1, -0.05) is 24.6 Å². The van der Waals surface area contributed by atoms with Crippen molar-refractivity contribution >= 4 is 11.9 Å². The smallest absolute Gasteiger partial charge is 0.0390 e. The summed E-state index contributed by atoms with van der Waals surface area (Å²) in [5.74, 6) is 0. The van der Waals surface area contributed by atoms with E-state index in [2.05, 4.69) is 31.0 Å². The molecule has 0 amide bonds. The average molecular weight is 218 g/mol. The Morgan fingerprint density at radius 2 is 2.25 bits per heavy atom. The van der Waals surface area contributed by atoms with Gasteiger partial charge in [-0.05, 0) is 50.8 Å². The Morgan fingerprint density at radius 3 is 2.81 bits per heavy atom. The van der Waals surface area contributed by atoms with E-state index < -0.39 is 0 Å². The van der Waals surface area contributed by atoms with E-state index in [1.165, 1.54) is 23.1 Å². The third-order valence-electron chi connectivity index (χ3n) is 2.78. The standard InChI is InChI=1S/C14H22N2/c1-3-11-16-14(5-4-10-15)13-8-6-12(2)7-9-13/h6,8,10,15H,3-5,7,9,11H2,1-2H3. The zero-order chi connectivity index (χ0) is 11.8. The molecule has 0 atom stereocenters. The topological polar surface area (TPSA) is 36.2 Å². The number of allylic oxidation sites excluding steroid dienone is 4. The molecule has 1 aliphatic rings. The van der Waals surface area contributed by atoms with Crippen molar-refractivity contribution in [3.8, 4) is 0 Å². The van der Waals surface area contributed by atoms with Crippen LogP contribution in [0.3, 0.4) is 0 Å². The van der Waals surface area contributed by atoms with Crippen molar-refractivity contribution in [2.75, 3.05) is 6.54 Å². The molecule has 16 heavy (non-hydrogen) atoms. The third-order valence-corrected chi connectivity index (χ3v) is 2.78. The second kappa shape index (κ2) is 7.15. The molecular formula is C14H22N2. The summed E-state index contributed by atoms with van der Waals surface area (Å²) in [5, 5.41) is 7.11. The summed E-state index contributed by atoms with van der Waals surface area (Å²) in [7, 11) is 0. The molecule has 1 aliphatic carbocycles. The molecule has 0 aromatic carbocycles. The number of hydrogen-bond acceptors (Lipinski definition) is 2. The fourth-order valence-electron chi connectivity index (χ4n) is 1.78. The maximum Gasteiger partial charge on any atom is 0.0390 e. The van der Waals surface area contributed by atoms with Crippen LogP contribution in [0.4, 0.5) is 0 Å². The highest BCUT2D eigenvalue weighted by Gasteiger charge is 2.09.